The molecule has 5 heteroatoms. The van der Waals surface area contributed by atoms with Gasteiger partial charge in [0.15, 0.2) is 0 Å². The van der Waals surface area contributed by atoms with Crippen LogP contribution in [0.3, 0.4) is 0 Å². The molecule has 0 saturated carbocycles. The van der Waals surface area contributed by atoms with Crippen molar-refractivity contribution < 1.29 is 14.3 Å². The standard InChI is InChI=1S/C14H20BrNO3/c1-4-6-11(14(17)19-5-2)16-12-9-10(15)7-8-13(12)18-3/h7-9,11,16H,4-6H2,1-3H3. The summed E-state index contributed by atoms with van der Waals surface area (Å²) in [7, 11) is 1.60. The number of hydrogen-bond acceptors (Lipinski definition) is 4. The maximum Gasteiger partial charge on any atom is 0.328 e. The summed E-state index contributed by atoms with van der Waals surface area (Å²) in [5, 5.41) is 3.20. The molecular formula is C14H20BrNO3. The molecule has 0 fully saturated rings. The number of halogens is 1. The number of hydrogen-bond donors (Lipinski definition) is 1. The fourth-order valence-corrected chi connectivity index (χ4v) is 2.12. The molecule has 4 nitrogen and oxygen atoms in total. The van der Waals surface area contributed by atoms with Gasteiger partial charge in [-0.05, 0) is 31.5 Å². The van der Waals surface area contributed by atoms with Gasteiger partial charge in [0.2, 0.25) is 0 Å². The van der Waals surface area contributed by atoms with Gasteiger partial charge in [0.05, 0.1) is 19.4 Å². The van der Waals surface area contributed by atoms with Crippen LogP contribution in [0, 0.1) is 0 Å². The number of esters is 1. The second-order valence-corrected chi connectivity index (χ2v) is 5.00. The summed E-state index contributed by atoms with van der Waals surface area (Å²) in [6.07, 6.45) is 1.61. The highest BCUT2D eigenvalue weighted by Crippen LogP contribution is 2.29. The van der Waals surface area contributed by atoms with Crippen molar-refractivity contribution in [2.24, 2.45) is 0 Å². The van der Waals surface area contributed by atoms with Crippen LogP contribution in [-0.2, 0) is 9.53 Å². The first-order chi connectivity index (χ1) is 9.12. The van der Waals surface area contributed by atoms with Crippen LogP contribution >= 0.6 is 15.9 Å². The molecule has 0 bridgehead atoms. The summed E-state index contributed by atoms with van der Waals surface area (Å²) in [6, 6.07) is 5.28. The van der Waals surface area contributed by atoms with Crippen LogP contribution in [0.2, 0.25) is 0 Å². The minimum Gasteiger partial charge on any atom is -0.495 e. The average Bonchev–Trinajstić information content (AvgIpc) is 2.39. The Hall–Kier alpha value is -1.23. The number of benzene rings is 1. The molecule has 106 valence electrons. The molecule has 0 radical (unpaired) electrons. The maximum absolute atomic E-state index is 11.9. The molecule has 1 rings (SSSR count). The largest absolute Gasteiger partial charge is 0.495 e. The fraction of sp³-hybridized carbons (Fsp3) is 0.500. The van der Waals surface area contributed by atoms with E-state index in [2.05, 4.69) is 21.2 Å². The number of nitrogens with one attached hydrogen (secondary N) is 1. The first-order valence-electron chi connectivity index (χ1n) is 6.39. The molecule has 1 N–H and O–H groups in total. The van der Waals surface area contributed by atoms with E-state index in [-0.39, 0.29) is 12.0 Å². The third-order valence-corrected chi connectivity index (χ3v) is 3.13. The molecule has 0 saturated heterocycles. The summed E-state index contributed by atoms with van der Waals surface area (Å²) < 4.78 is 11.3. The highest BCUT2D eigenvalue weighted by Gasteiger charge is 2.20. The Morgan fingerprint density at radius 2 is 2.16 bits per heavy atom. The Morgan fingerprint density at radius 1 is 1.42 bits per heavy atom. The molecule has 1 atom stereocenters. The summed E-state index contributed by atoms with van der Waals surface area (Å²) >= 11 is 3.41. The summed E-state index contributed by atoms with van der Waals surface area (Å²) in [5.41, 5.74) is 0.781. The van der Waals surface area contributed by atoms with Gasteiger partial charge < -0.3 is 14.8 Å². The molecule has 0 spiro atoms. The quantitative estimate of drug-likeness (QED) is 0.776. The highest BCUT2D eigenvalue weighted by molar-refractivity contribution is 9.10. The van der Waals surface area contributed by atoms with Gasteiger partial charge in [-0.3, -0.25) is 0 Å². The van der Waals surface area contributed by atoms with Gasteiger partial charge in [-0.1, -0.05) is 29.3 Å². The minimum absolute atomic E-state index is 0.230. The molecule has 0 aliphatic carbocycles. The van der Waals surface area contributed by atoms with E-state index in [0.29, 0.717) is 18.8 Å². The van der Waals surface area contributed by atoms with Crippen LogP contribution in [0.15, 0.2) is 22.7 Å². The SMILES string of the molecule is CCCC(Nc1cc(Br)ccc1OC)C(=O)OCC. The van der Waals surface area contributed by atoms with E-state index in [0.717, 1.165) is 16.6 Å². The van der Waals surface area contributed by atoms with Crippen molar-refractivity contribution in [3.63, 3.8) is 0 Å². The Morgan fingerprint density at radius 3 is 2.74 bits per heavy atom. The van der Waals surface area contributed by atoms with E-state index in [4.69, 9.17) is 9.47 Å². The van der Waals surface area contributed by atoms with Crippen molar-refractivity contribution in [3.8, 4) is 5.75 Å². The molecule has 1 aromatic rings. The van der Waals surface area contributed by atoms with Gasteiger partial charge >= 0.3 is 5.97 Å². The molecule has 0 amide bonds. The first kappa shape index (κ1) is 15.8. The van der Waals surface area contributed by atoms with E-state index in [1.807, 2.05) is 25.1 Å². The van der Waals surface area contributed by atoms with Crippen molar-refractivity contribution in [2.75, 3.05) is 19.0 Å². The Bertz CT molecular complexity index is 423. The lowest BCUT2D eigenvalue weighted by atomic mass is 10.1. The van der Waals surface area contributed by atoms with E-state index in [9.17, 15) is 4.79 Å². The van der Waals surface area contributed by atoms with Crippen LogP contribution in [0.25, 0.3) is 0 Å². The monoisotopic (exact) mass is 329 g/mol. The van der Waals surface area contributed by atoms with Crippen LogP contribution in [0.4, 0.5) is 5.69 Å². The number of ether oxygens (including phenoxy) is 2. The number of carbonyl (C=O) groups is 1. The zero-order valence-corrected chi connectivity index (χ0v) is 13.1. The summed E-state index contributed by atoms with van der Waals surface area (Å²) in [5.74, 6) is 0.472. The number of anilines is 1. The van der Waals surface area contributed by atoms with Crippen molar-refractivity contribution in [3.05, 3.63) is 22.7 Å². The molecule has 19 heavy (non-hydrogen) atoms. The lowest BCUT2D eigenvalue weighted by Crippen LogP contribution is -2.31. The summed E-state index contributed by atoms with van der Waals surface area (Å²) in [6.45, 7) is 4.23. The molecule has 1 unspecified atom stereocenters. The van der Waals surface area contributed by atoms with Crippen molar-refractivity contribution in [1.29, 1.82) is 0 Å². The third kappa shape index (κ3) is 4.74. The number of methoxy groups -OCH3 is 1. The molecule has 0 aromatic heterocycles. The van der Waals surface area contributed by atoms with Crippen LogP contribution in [0.5, 0.6) is 5.75 Å². The van der Waals surface area contributed by atoms with E-state index in [1.165, 1.54) is 0 Å². The van der Waals surface area contributed by atoms with Gasteiger partial charge in [0.1, 0.15) is 11.8 Å². The van der Waals surface area contributed by atoms with Gasteiger partial charge in [0.25, 0.3) is 0 Å². The van der Waals surface area contributed by atoms with E-state index >= 15 is 0 Å². The second kappa shape index (κ2) is 8.04. The lowest BCUT2D eigenvalue weighted by molar-refractivity contribution is -0.144. The normalized spacial score (nSPS) is 11.8. The maximum atomic E-state index is 11.9. The van der Waals surface area contributed by atoms with Crippen molar-refractivity contribution in [1.82, 2.24) is 0 Å². The molecule has 0 heterocycles. The minimum atomic E-state index is -0.354. The van der Waals surface area contributed by atoms with Gasteiger partial charge in [-0.15, -0.1) is 0 Å². The predicted octanol–water partition coefficient (Wildman–Crippen LogP) is 3.60. The van der Waals surface area contributed by atoms with Gasteiger partial charge in [0, 0.05) is 4.47 Å². The van der Waals surface area contributed by atoms with E-state index in [1.54, 1.807) is 14.0 Å². The van der Waals surface area contributed by atoms with Crippen molar-refractivity contribution >= 4 is 27.6 Å². The molecule has 0 aliphatic heterocycles. The highest BCUT2D eigenvalue weighted by atomic mass is 79.9. The van der Waals surface area contributed by atoms with E-state index < -0.39 is 0 Å². The lowest BCUT2D eigenvalue weighted by Gasteiger charge is -2.19. The number of carbonyl (C=O) groups excluding carboxylic acids is 1. The molecular weight excluding hydrogens is 310 g/mol. The topological polar surface area (TPSA) is 47.6 Å². The zero-order chi connectivity index (χ0) is 14.3. The fourth-order valence-electron chi connectivity index (χ4n) is 1.76. The van der Waals surface area contributed by atoms with Gasteiger partial charge in [-0.2, -0.15) is 0 Å². The summed E-state index contributed by atoms with van der Waals surface area (Å²) in [4.78, 5) is 11.9. The Labute approximate surface area is 122 Å². The molecule has 1 aromatic carbocycles. The van der Waals surface area contributed by atoms with Crippen LogP contribution < -0.4 is 10.1 Å². The zero-order valence-electron chi connectivity index (χ0n) is 11.5. The first-order valence-corrected chi connectivity index (χ1v) is 7.18. The Balaban J connectivity index is 2.89. The average molecular weight is 330 g/mol. The van der Waals surface area contributed by atoms with Crippen LogP contribution in [-0.4, -0.2) is 25.7 Å². The predicted molar refractivity (Wildman–Crippen MR) is 79.6 cm³/mol. The molecule has 0 aliphatic rings. The van der Waals surface area contributed by atoms with Gasteiger partial charge in [-0.25, -0.2) is 4.79 Å². The smallest absolute Gasteiger partial charge is 0.328 e. The third-order valence-electron chi connectivity index (χ3n) is 2.64. The van der Waals surface area contributed by atoms with Crippen LogP contribution in [0.1, 0.15) is 26.7 Å². The number of rotatable bonds is 7. The second-order valence-electron chi connectivity index (χ2n) is 4.08. The van der Waals surface area contributed by atoms with Crippen molar-refractivity contribution in [2.45, 2.75) is 32.7 Å². The Kier molecular flexibility index (Phi) is 6.70.